The molecular weight excluding hydrogens is 249 g/mol. The van der Waals surface area contributed by atoms with Crippen molar-refractivity contribution >= 4 is 11.6 Å². The molecule has 0 bridgehead atoms. The molecule has 1 aromatic carbocycles. The molecule has 0 unspecified atom stereocenters. The van der Waals surface area contributed by atoms with Crippen LogP contribution in [0.25, 0.3) is 0 Å². The fourth-order valence-electron chi connectivity index (χ4n) is 1.39. The third-order valence-electron chi connectivity index (χ3n) is 2.27. The summed E-state index contributed by atoms with van der Waals surface area (Å²) in [5, 5.41) is 2.61. The van der Waals surface area contributed by atoms with Crippen molar-refractivity contribution in [1.82, 2.24) is 9.97 Å². The number of hydrogen-bond acceptors (Lipinski definition) is 4. The Morgan fingerprint density at radius 1 is 1.26 bits per heavy atom. The second kappa shape index (κ2) is 5.90. The maximum absolute atomic E-state index is 12.7. The lowest BCUT2D eigenvalue weighted by Crippen LogP contribution is -2.12. The maximum Gasteiger partial charge on any atom is 0.316 e. The second-order valence-corrected chi connectivity index (χ2v) is 3.65. The van der Waals surface area contributed by atoms with E-state index in [9.17, 15) is 9.18 Å². The molecule has 98 valence electrons. The van der Waals surface area contributed by atoms with Crippen LogP contribution >= 0.6 is 0 Å². The van der Waals surface area contributed by atoms with E-state index >= 15 is 0 Å². The van der Waals surface area contributed by atoms with E-state index < -0.39 is 0 Å². The predicted molar refractivity (Wildman–Crippen MR) is 67.6 cm³/mol. The first-order valence-electron chi connectivity index (χ1n) is 5.71. The zero-order chi connectivity index (χ0) is 13.7. The van der Waals surface area contributed by atoms with Crippen molar-refractivity contribution < 1.29 is 13.9 Å². The second-order valence-electron chi connectivity index (χ2n) is 3.65. The normalized spacial score (nSPS) is 10.0. The Morgan fingerprint density at radius 3 is 2.47 bits per heavy atom. The van der Waals surface area contributed by atoms with E-state index in [4.69, 9.17) is 4.74 Å². The molecule has 1 amide bonds. The number of halogens is 1. The van der Waals surface area contributed by atoms with E-state index in [1.54, 1.807) is 0 Å². The molecule has 5 nitrogen and oxygen atoms in total. The Balaban J connectivity index is 2.04. The molecule has 2 aromatic rings. The first kappa shape index (κ1) is 12.9. The molecule has 19 heavy (non-hydrogen) atoms. The molecule has 1 N–H and O–H groups in total. The Hall–Kier alpha value is -2.50. The van der Waals surface area contributed by atoms with Crippen LogP contribution in [0.2, 0.25) is 0 Å². The number of anilines is 1. The zero-order valence-corrected chi connectivity index (χ0v) is 10.3. The minimum atomic E-state index is -0.388. The number of amides is 1. The number of benzene rings is 1. The zero-order valence-electron chi connectivity index (χ0n) is 10.3. The van der Waals surface area contributed by atoms with Crippen LogP contribution in [0.5, 0.6) is 6.01 Å². The van der Waals surface area contributed by atoms with Crippen LogP contribution in [-0.2, 0) is 0 Å². The van der Waals surface area contributed by atoms with E-state index in [1.165, 1.54) is 36.7 Å². The summed E-state index contributed by atoms with van der Waals surface area (Å²) in [5.74, 6) is -0.742. The molecule has 0 saturated heterocycles. The van der Waals surface area contributed by atoms with Crippen LogP contribution in [0.4, 0.5) is 10.1 Å². The summed E-state index contributed by atoms with van der Waals surface area (Å²) in [6.45, 7) is 2.30. The molecule has 0 aliphatic heterocycles. The van der Waals surface area contributed by atoms with Crippen molar-refractivity contribution in [1.29, 1.82) is 0 Å². The summed E-state index contributed by atoms with van der Waals surface area (Å²) in [6, 6.07) is 5.51. The van der Waals surface area contributed by atoms with Gasteiger partial charge in [0, 0.05) is 5.56 Å². The van der Waals surface area contributed by atoms with Crippen LogP contribution < -0.4 is 10.1 Å². The van der Waals surface area contributed by atoms with Gasteiger partial charge in [0.2, 0.25) is 0 Å². The Labute approximate surface area is 109 Å². The first-order chi connectivity index (χ1) is 9.19. The van der Waals surface area contributed by atoms with E-state index in [0.29, 0.717) is 17.9 Å². The van der Waals surface area contributed by atoms with Crippen molar-refractivity contribution in [3.05, 3.63) is 48.0 Å². The third-order valence-corrected chi connectivity index (χ3v) is 2.27. The lowest BCUT2D eigenvalue weighted by molar-refractivity contribution is 0.102. The molecule has 1 heterocycles. The lowest BCUT2D eigenvalue weighted by Gasteiger charge is -2.05. The Morgan fingerprint density at radius 2 is 1.89 bits per heavy atom. The smallest absolute Gasteiger partial charge is 0.316 e. The van der Waals surface area contributed by atoms with Gasteiger partial charge in [-0.25, -0.2) is 14.4 Å². The number of nitrogens with one attached hydrogen (secondary N) is 1. The lowest BCUT2D eigenvalue weighted by atomic mass is 10.2. The minimum Gasteiger partial charge on any atom is -0.464 e. The van der Waals surface area contributed by atoms with Crippen LogP contribution in [0.3, 0.4) is 0 Å². The van der Waals surface area contributed by atoms with Gasteiger partial charge in [-0.2, -0.15) is 0 Å². The number of hydrogen-bond donors (Lipinski definition) is 1. The van der Waals surface area contributed by atoms with Crippen LogP contribution in [0, 0.1) is 5.82 Å². The number of carbonyl (C=O) groups is 1. The van der Waals surface area contributed by atoms with E-state index in [0.717, 1.165) is 0 Å². The summed E-state index contributed by atoms with van der Waals surface area (Å²) >= 11 is 0. The third kappa shape index (κ3) is 3.48. The number of carbonyl (C=O) groups excluding carboxylic acids is 1. The SMILES string of the molecule is CCOc1ncc(NC(=O)c2ccc(F)cc2)cn1. The predicted octanol–water partition coefficient (Wildman–Crippen LogP) is 2.27. The van der Waals surface area contributed by atoms with Gasteiger partial charge in [0.05, 0.1) is 24.7 Å². The molecule has 0 radical (unpaired) electrons. The van der Waals surface area contributed by atoms with Gasteiger partial charge >= 0.3 is 6.01 Å². The average molecular weight is 261 g/mol. The highest BCUT2D eigenvalue weighted by molar-refractivity contribution is 6.04. The van der Waals surface area contributed by atoms with E-state index in [1.807, 2.05) is 6.92 Å². The molecule has 0 aliphatic rings. The number of aromatic nitrogens is 2. The average Bonchev–Trinajstić information content (AvgIpc) is 2.42. The number of rotatable bonds is 4. The fourth-order valence-corrected chi connectivity index (χ4v) is 1.39. The van der Waals surface area contributed by atoms with Crippen molar-refractivity contribution in [2.75, 3.05) is 11.9 Å². The molecular formula is C13H12FN3O2. The fraction of sp³-hybridized carbons (Fsp3) is 0.154. The minimum absolute atomic E-state index is 0.252. The molecule has 1 aromatic heterocycles. The van der Waals surface area contributed by atoms with Crippen molar-refractivity contribution in [3.8, 4) is 6.01 Å². The van der Waals surface area contributed by atoms with Gasteiger partial charge in [0.1, 0.15) is 5.82 Å². The molecule has 0 saturated carbocycles. The van der Waals surface area contributed by atoms with Crippen molar-refractivity contribution in [2.45, 2.75) is 6.92 Å². The van der Waals surface area contributed by atoms with Gasteiger partial charge in [0.25, 0.3) is 5.91 Å². The van der Waals surface area contributed by atoms with Gasteiger partial charge in [-0.3, -0.25) is 4.79 Å². The summed E-state index contributed by atoms with van der Waals surface area (Å²) < 4.78 is 17.8. The Kier molecular flexibility index (Phi) is 4.02. The standard InChI is InChI=1S/C13H12FN3O2/c1-2-19-13-15-7-11(8-16-13)17-12(18)9-3-5-10(14)6-4-9/h3-8H,2H2,1H3,(H,17,18). The highest BCUT2D eigenvalue weighted by Crippen LogP contribution is 2.10. The van der Waals surface area contributed by atoms with E-state index in [2.05, 4.69) is 15.3 Å². The van der Waals surface area contributed by atoms with Gasteiger partial charge in [0.15, 0.2) is 0 Å². The van der Waals surface area contributed by atoms with Gasteiger partial charge in [-0.15, -0.1) is 0 Å². The summed E-state index contributed by atoms with van der Waals surface area (Å²) in [5.41, 5.74) is 0.799. The van der Waals surface area contributed by atoms with Crippen molar-refractivity contribution in [2.24, 2.45) is 0 Å². The van der Waals surface area contributed by atoms with Crippen LogP contribution in [0.1, 0.15) is 17.3 Å². The van der Waals surface area contributed by atoms with Crippen molar-refractivity contribution in [3.63, 3.8) is 0 Å². The molecule has 2 rings (SSSR count). The summed E-state index contributed by atoms with van der Waals surface area (Å²) in [7, 11) is 0. The first-order valence-corrected chi connectivity index (χ1v) is 5.71. The van der Waals surface area contributed by atoms with Gasteiger partial charge < -0.3 is 10.1 Å². The Bertz CT molecular complexity index is 555. The van der Waals surface area contributed by atoms with Crippen LogP contribution in [-0.4, -0.2) is 22.5 Å². The number of ether oxygens (including phenoxy) is 1. The molecule has 0 fully saturated rings. The summed E-state index contributed by atoms with van der Waals surface area (Å²) in [4.78, 5) is 19.7. The van der Waals surface area contributed by atoms with Gasteiger partial charge in [-0.05, 0) is 31.2 Å². The van der Waals surface area contributed by atoms with Gasteiger partial charge in [-0.1, -0.05) is 0 Å². The summed E-state index contributed by atoms with van der Waals surface area (Å²) in [6.07, 6.45) is 2.89. The topological polar surface area (TPSA) is 64.1 Å². The largest absolute Gasteiger partial charge is 0.464 e. The molecule has 0 atom stereocenters. The molecule has 0 spiro atoms. The highest BCUT2D eigenvalue weighted by atomic mass is 19.1. The molecule has 0 aliphatic carbocycles. The highest BCUT2D eigenvalue weighted by Gasteiger charge is 2.07. The quantitative estimate of drug-likeness (QED) is 0.917. The number of nitrogens with zero attached hydrogens (tertiary/aromatic N) is 2. The molecule has 6 heteroatoms. The van der Waals surface area contributed by atoms with Crippen LogP contribution in [0.15, 0.2) is 36.7 Å². The monoisotopic (exact) mass is 261 g/mol. The maximum atomic E-state index is 12.7. The van der Waals surface area contributed by atoms with E-state index in [-0.39, 0.29) is 17.7 Å².